The van der Waals surface area contributed by atoms with Crippen LogP contribution in [-0.4, -0.2) is 24.7 Å². The molecule has 1 aliphatic rings. The van der Waals surface area contributed by atoms with Gasteiger partial charge in [0.15, 0.2) is 0 Å². The first-order valence-electron chi connectivity index (χ1n) is 5.29. The van der Waals surface area contributed by atoms with Crippen molar-refractivity contribution in [3.63, 3.8) is 0 Å². The summed E-state index contributed by atoms with van der Waals surface area (Å²) >= 11 is 0. The van der Waals surface area contributed by atoms with Gasteiger partial charge in [-0.2, -0.15) is 0 Å². The minimum atomic E-state index is 0.275. The molecule has 0 aromatic carbocycles. The van der Waals surface area contributed by atoms with Crippen molar-refractivity contribution in [2.45, 2.75) is 18.9 Å². The van der Waals surface area contributed by atoms with E-state index in [0.717, 1.165) is 25.2 Å². The zero-order valence-electron chi connectivity index (χ0n) is 8.94. The average Bonchev–Trinajstić information content (AvgIpc) is 2.81. The van der Waals surface area contributed by atoms with E-state index in [0.29, 0.717) is 0 Å². The topological polar surface area (TPSA) is 34.2 Å². The molecule has 0 fully saturated rings. The van der Waals surface area contributed by atoms with Crippen LogP contribution in [0.2, 0.25) is 0 Å². The number of rotatable bonds is 4. The summed E-state index contributed by atoms with van der Waals surface area (Å²) in [7, 11) is 1.96. The zero-order chi connectivity index (χ0) is 10.5. The lowest BCUT2D eigenvalue weighted by Crippen LogP contribution is -2.30. The molecule has 0 amide bonds. The van der Waals surface area contributed by atoms with Crippen LogP contribution < -0.4 is 5.32 Å². The van der Waals surface area contributed by atoms with Crippen molar-refractivity contribution in [1.29, 1.82) is 0 Å². The summed E-state index contributed by atoms with van der Waals surface area (Å²) in [6.45, 7) is 0.820. The van der Waals surface area contributed by atoms with Gasteiger partial charge in [0.25, 0.3) is 0 Å². The summed E-state index contributed by atoms with van der Waals surface area (Å²) < 4.78 is 5.56. The van der Waals surface area contributed by atoms with Crippen molar-refractivity contribution in [2.24, 2.45) is 0 Å². The van der Waals surface area contributed by atoms with Gasteiger partial charge in [-0.15, -0.1) is 0 Å². The third-order valence-corrected chi connectivity index (χ3v) is 2.59. The van der Waals surface area contributed by atoms with Crippen LogP contribution in [0.4, 0.5) is 0 Å². The fraction of sp³-hybridized carbons (Fsp3) is 0.417. The molecule has 2 rings (SSSR count). The molecule has 1 aromatic rings. The second-order valence-electron chi connectivity index (χ2n) is 3.65. The molecule has 1 N–H and O–H groups in total. The second-order valence-corrected chi connectivity index (χ2v) is 3.65. The van der Waals surface area contributed by atoms with Crippen LogP contribution in [0, 0.1) is 0 Å². The van der Waals surface area contributed by atoms with Crippen LogP contribution in [0.5, 0.6) is 0 Å². The SMILES string of the molecule is CNC(Cc1cccnc1)C1=CCCO1. The largest absolute Gasteiger partial charge is 0.496 e. The maximum Gasteiger partial charge on any atom is 0.109 e. The molecular weight excluding hydrogens is 188 g/mol. The fourth-order valence-corrected chi connectivity index (χ4v) is 1.78. The Kier molecular flexibility index (Phi) is 3.35. The molecule has 1 unspecified atom stereocenters. The molecule has 80 valence electrons. The van der Waals surface area contributed by atoms with Crippen LogP contribution in [0.15, 0.2) is 36.4 Å². The summed E-state index contributed by atoms with van der Waals surface area (Å²) in [6.07, 6.45) is 7.82. The van der Waals surface area contributed by atoms with Gasteiger partial charge in [-0.25, -0.2) is 0 Å². The van der Waals surface area contributed by atoms with E-state index in [1.165, 1.54) is 5.56 Å². The summed E-state index contributed by atoms with van der Waals surface area (Å²) in [6, 6.07) is 4.33. The van der Waals surface area contributed by atoms with Gasteiger partial charge in [-0.3, -0.25) is 4.98 Å². The van der Waals surface area contributed by atoms with Crippen molar-refractivity contribution < 1.29 is 4.74 Å². The highest BCUT2D eigenvalue weighted by Gasteiger charge is 2.17. The maximum absolute atomic E-state index is 5.56. The summed E-state index contributed by atoms with van der Waals surface area (Å²) in [5, 5.41) is 3.27. The predicted molar refractivity (Wildman–Crippen MR) is 59.4 cm³/mol. The molecule has 0 saturated carbocycles. The molecule has 1 aliphatic heterocycles. The molecule has 1 aromatic heterocycles. The van der Waals surface area contributed by atoms with Crippen molar-refractivity contribution >= 4 is 0 Å². The monoisotopic (exact) mass is 204 g/mol. The standard InChI is InChI=1S/C12H16N2O/c1-13-11(12-5-3-7-15-12)8-10-4-2-6-14-9-10/h2,4-6,9,11,13H,3,7-8H2,1H3. The van der Waals surface area contributed by atoms with Gasteiger partial charge in [-0.1, -0.05) is 6.07 Å². The van der Waals surface area contributed by atoms with Gasteiger partial charge in [-0.05, 0) is 31.2 Å². The Labute approximate surface area is 90.2 Å². The van der Waals surface area contributed by atoms with E-state index >= 15 is 0 Å². The Balaban J connectivity index is 2.02. The van der Waals surface area contributed by atoms with Gasteiger partial charge in [0.1, 0.15) is 5.76 Å². The Hall–Kier alpha value is -1.35. The quantitative estimate of drug-likeness (QED) is 0.807. The number of ether oxygens (including phenoxy) is 1. The fourth-order valence-electron chi connectivity index (χ4n) is 1.78. The van der Waals surface area contributed by atoms with E-state index in [2.05, 4.69) is 22.4 Å². The lowest BCUT2D eigenvalue weighted by molar-refractivity contribution is 0.217. The van der Waals surface area contributed by atoms with Crippen LogP contribution >= 0.6 is 0 Å². The molecule has 15 heavy (non-hydrogen) atoms. The molecule has 2 heterocycles. The Bertz CT molecular complexity index is 335. The Morgan fingerprint density at radius 3 is 3.13 bits per heavy atom. The Morgan fingerprint density at radius 1 is 1.60 bits per heavy atom. The van der Waals surface area contributed by atoms with Gasteiger partial charge in [0.2, 0.25) is 0 Å². The number of aromatic nitrogens is 1. The summed E-state index contributed by atoms with van der Waals surface area (Å²) in [5.41, 5.74) is 1.23. The van der Waals surface area contributed by atoms with Crippen LogP contribution in [0.3, 0.4) is 0 Å². The van der Waals surface area contributed by atoms with E-state index in [1.807, 2.05) is 19.3 Å². The highest BCUT2D eigenvalue weighted by Crippen LogP contribution is 2.16. The van der Waals surface area contributed by atoms with Gasteiger partial charge in [0, 0.05) is 18.8 Å². The van der Waals surface area contributed by atoms with Crippen LogP contribution in [-0.2, 0) is 11.2 Å². The number of likely N-dealkylation sites (N-methyl/N-ethyl adjacent to an activating group) is 1. The van der Waals surface area contributed by atoms with Gasteiger partial charge >= 0.3 is 0 Å². The number of nitrogens with one attached hydrogen (secondary N) is 1. The van der Waals surface area contributed by atoms with E-state index in [4.69, 9.17) is 4.74 Å². The first-order chi connectivity index (χ1) is 7.40. The molecule has 3 nitrogen and oxygen atoms in total. The number of nitrogens with zero attached hydrogens (tertiary/aromatic N) is 1. The molecular formula is C12H16N2O. The summed E-state index contributed by atoms with van der Waals surface area (Å²) in [5.74, 6) is 1.07. The van der Waals surface area contributed by atoms with E-state index in [9.17, 15) is 0 Å². The molecule has 0 spiro atoms. The number of hydrogen-bond donors (Lipinski definition) is 1. The van der Waals surface area contributed by atoms with Crippen molar-refractivity contribution in [2.75, 3.05) is 13.7 Å². The third-order valence-electron chi connectivity index (χ3n) is 2.59. The third kappa shape index (κ3) is 2.57. The average molecular weight is 204 g/mol. The number of hydrogen-bond acceptors (Lipinski definition) is 3. The highest BCUT2D eigenvalue weighted by molar-refractivity contribution is 5.16. The smallest absolute Gasteiger partial charge is 0.109 e. The molecule has 0 aliphatic carbocycles. The first-order valence-corrected chi connectivity index (χ1v) is 5.29. The van der Waals surface area contributed by atoms with Gasteiger partial charge < -0.3 is 10.1 Å². The normalized spacial score (nSPS) is 17.0. The maximum atomic E-state index is 5.56. The van der Waals surface area contributed by atoms with Crippen molar-refractivity contribution in [3.8, 4) is 0 Å². The summed E-state index contributed by atoms with van der Waals surface area (Å²) in [4.78, 5) is 4.11. The van der Waals surface area contributed by atoms with Crippen molar-refractivity contribution in [1.82, 2.24) is 10.3 Å². The minimum Gasteiger partial charge on any atom is -0.496 e. The predicted octanol–water partition coefficient (Wildman–Crippen LogP) is 1.52. The molecule has 0 saturated heterocycles. The lowest BCUT2D eigenvalue weighted by Gasteiger charge is -2.17. The van der Waals surface area contributed by atoms with Crippen LogP contribution in [0.25, 0.3) is 0 Å². The highest BCUT2D eigenvalue weighted by atomic mass is 16.5. The van der Waals surface area contributed by atoms with Gasteiger partial charge in [0.05, 0.1) is 12.6 Å². The van der Waals surface area contributed by atoms with E-state index in [1.54, 1.807) is 6.20 Å². The van der Waals surface area contributed by atoms with E-state index < -0.39 is 0 Å². The molecule has 0 bridgehead atoms. The second kappa shape index (κ2) is 4.94. The lowest BCUT2D eigenvalue weighted by atomic mass is 10.1. The van der Waals surface area contributed by atoms with E-state index in [-0.39, 0.29) is 6.04 Å². The molecule has 1 atom stereocenters. The van der Waals surface area contributed by atoms with Crippen LogP contribution in [0.1, 0.15) is 12.0 Å². The minimum absolute atomic E-state index is 0.275. The number of pyridine rings is 1. The molecule has 0 radical (unpaired) electrons. The molecule has 3 heteroatoms. The first kappa shape index (κ1) is 10.2. The zero-order valence-corrected chi connectivity index (χ0v) is 8.94. The van der Waals surface area contributed by atoms with Crippen molar-refractivity contribution in [3.05, 3.63) is 41.9 Å². The Morgan fingerprint density at radius 2 is 2.53 bits per heavy atom.